The van der Waals surface area contributed by atoms with Crippen LogP contribution < -0.4 is 0 Å². The first-order valence-electron chi connectivity index (χ1n) is 11.8. The van der Waals surface area contributed by atoms with Crippen LogP contribution in [0.2, 0.25) is 5.02 Å². The van der Waals surface area contributed by atoms with Crippen molar-refractivity contribution in [2.45, 2.75) is 81.7 Å². The zero-order valence-electron chi connectivity index (χ0n) is 18.2. The summed E-state index contributed by atoms with van der Waals surface area (Å²) in [6.45, 7) is 0. The van der Waals surface area contributed by atoms with E-state index in [0.717, 1.165) is 25.7 Å². The van der Waals surface area contributed by atoms with E-state index in [2.05, 4.69) is 0 Å². The molecule has 6 heteroatoms. The van der Waals surface area contributed by atoms with Crippen LogP contribution in [0.4, 0.5) is 0 Å². The van der Waals surface area contributed by atoms with E-state index in [9.17, 15) is 14.4 Å². The van der Waals surface area contributed by atoms with Crippen molar-refractivity contribution < 1.29 is 14.4 Å². The van der Waals surface area contributed by atoms with E-state index in [4.69, 9.17) is 11.6 Å². The predicted molar refractivity (Wildman–Crippen MR) is 118 cm³/mol. The van der Waals surface area contributed by atoms with Crippen molar-refractivity contribution in [1.29, 1.82) is 0 Å². The highest BCUT2D eigenvalue weighted by atomic mass is 35.5. The number of amides is 3. The predicted octanol–water partition coefficient (Wildman–Crippen LogP) is 4.32. The zero-order valence-corrected chi connectivity index (χ0v) is 18.9. The fourth-order valence-corrected chi connectivity index (χ4v) is 6.35. The molecule has 1 saturated heterocycles. The molecule has 5 rings (SSSR count). The number of carbonyl (C=O) groups excluding carboxylic acids is 3. The van der Waals surface area contributed by atoms with Crippen molar-refractivity contribution in [3.05, 3.63) is 34.9 Å². The summed E-state index contributed by atoms with van der Waals surface area (Å²) in [6.07, 6.45) is 8.55. The molecule has 3 aliphatic carbocycles. The molecule has 31 heavy (non-hydrogen) atoms. The maximum absolute atomic E-state index is 13.9. The van der Waals surface area contributed by atoms with Crippen LogP contribution >= 0.6 is 11.6 Å². The van der Waals surface area contributed by atoms with Crippen molar-refractivity contribution in [3.8, 4) is 0 Å². The van der Waals surface area contributed by atoms with Crippen LogP contribution in [-0.2, 0) is 19.8 Å². The van der Waals surface area contributed by atoms with Gasteiger partial charge in [-0.25, -0.2) is 0 Å². The summed E-state index contributed by atoms with van der Waals surface area (Å²) in [5, 5.41) is 0.452. The van der Waals surface area contributed by atoms with E-state index in [1.807, 2.05) is 30.1 Å². The maximum atomic E-state index is 13.9. The highest BCUT2D eigenvalue weighted by Gasteiger charge is 2.57. The molecular formula is C25H31ClN2O3. The number of carbonyl (C=O) groups is 3. The number of halogens is 1. The Morgan fingerprint density at radius 2 is 1.71 bits per heavy atom. The molecule has 1 unspecified atom stereocenters. The summed E-state index contributed by atoms with van der Waals surface area (Å²) in [5.74, 6) is 0.752. The van der Waals surface area contributed by atoms with Gasteiger partial charge >= 0.3 is 0 Å². The van der Waals surface area contributed by atoms with Crippen molar-refractivity contribution in [2.75, 3.05) is 7.05 Å². The van der Waals surface area contributed by atoms with Gasteiger partial charge in [-0.3, -0.25) is 19.3 Å². The second-order valence-corrected chi connectivity index (χ2v) is 10.5. The van der Waals surface area contributed by atoms with Gasteiger partial charge in [-0.2, -0.15) is 0 Å². The Hall–Kier alpha value is -1.88. The van der Waals surface area contributed by atoms with E-state index in [-0.39, 0.29) is 42.6 Å². The number of hydrogen-bond acceptors (Lipinski definition) is 3. The first-order valence-corrected chi connectivity index (χ1v) is 12.2. The summed E-state index contributed by atoms with van der Waals surface area (Å²) in [7, 11) is 1.89. The maximum Gasteiger partial charge on any atom is 0.241 e. The van der Waals surface area contributed by atoms with E-state index in [1.165, 1.54) is 30.6 Å². The van der Waals surface area contributed by atoms with Crippen LogP contribution in [0.3, 0.4) is 0 Å². The largest absolute Gasteiger partial charge is 0.342 e. The molecule has 4 fully saturated rings. The van der Waals surface area contributed by atoms with Crippen LogP contribution in [0.5, 0.6) is 0 Å². The van der Waals surface area contributed by atoms with E-state index >= 15 is 0 Å². The molecule has 1 aromatic rings. The van der Waals surface area contributed by atoms with Gasteiger partial charge in [0.15, 0.2) is 0 Å². The Labute approximate surface area is 189 Å². The lowest BCUT2D eigenvalue weighted by molar-refractivity contribution is -0.145. The minimum Gasteiger partial charge on any atom is -0.342 e. The summed E-state index contributed by atoms with van der Waals surface area (Å²) < 4.78 is 0. The van der Waals surface area contributed by atoms with Crippen molar-refractivity contribution in [1.82, 2.24) is 9.80 Å². The summed E-state index contributed by atoms with van der Waals surface area (Å²) in [4.78, 5) is 43.9. The first kappa shape index (κ1) is 21.0. The van der Waals surface area contributed by atoms with E-state index in [1.54, 1.807) is 6.07 Å². The molecule has 4 aliphatic rings. The minimum absolute atomic E-state index is 0.0109. The molecule has 1 heterocycles. The van der Waals surface area contributed by atoms with Crippen LogP contribution in [0.25, 0.3) is 0 Å². The Balaban J connectivity index is 1.48. The summed E-state index contributed by atoms with van der Waals surface area (Å²) in [6, 6.07) is 7.46. The Morgan fingerprint density at radius 1 is 1.10 bits per heavy atom. The lowest BCUT2D eigenvalue weighted by atomic mass is 9.75. The van der Waals surface area contributed by atoms with Gasteiger partial charge in [0, 0.05) is 37.0 Å². The second-order valence-electron chi connectivity index (χ2n) is 10.1. The van der Waals surface area contributed by atoms with Gasteiger partial charge in [0.25, 0.3) is 0 Å². The summed E-state index contributed by atoms with van der Waals surface area (Å²) in [5.41, 5.74) is -0.576. The fraction of sp³-hybridized carbons (Fsp3) is 0.640. The monoisotopic (exact) mass is 442 g/mol. The van der Waals surface area contributed by atoms with Gasteiger partial charge in [0.1, 0.15) is 0 Å². The Morgan fingerprint density at radius 3 is 2.29 bits per heavy atom. The lowest BCUT2D eigenvalue weighted by Crippen LogP contribution is -2.47. The molecular weight excluding hydrogens is 412 g/mol. The fourth-order valence-electron chi connectivity index (χ4n) is 6.03. The molecule has 3 saturated carbocycles. The molecule has 0 spiro atoms. The summed E-state index contributed by atoms with van der Waals surface area (Å²) >= 11 is 6.55. The number of benzene rings is 1. The average Bonchev–Trinajstić information content (AvgIpc) is 3.68. The van der Waals surface area contributed by atoms with E-state index < -0.39 is 5.41 Å². The number of hydrogen-bond donors (Lipinski definition) is 0. The highest BCUT2D eigenvalue weighted by Crippen LogP contribution is 2.49. The molecule has 166 valence electrons. The van der Waals surface area contributed by atoms with Crippen molar-refractivity contribution in [2.24, 2.45) is 11.8 Å². The number of imide groups is 1. The molecule has 0 aromatic heterocycles. The zero-order chi connectivity index (χ0) is 21.8. The van der Waals surface area contributed by atoms with Gasteiger partial charge in [-0.1, -0.05) is 42.6 Å². The van der Waals surface area contributed by atoms with Crippen LogP contribution in [0, 0.1) is 11.8 Å². The van der Waals surface area contributed by atoms with Gasteiger partial charge in [-0.05, 0) is 62.0 Å². The van der Waals surface area contributed by atoms with Gasteiger partial charge in [0.05, 0.1) is 5.41 Å². The topological polar surface area (TPSA) is 57.7 Å². The molecule has 1 aliphatic heterocycles. The molecule has 0 N–H and O–H groups in total. The van der Waals surface area contributed by atoms with Gasteiger partial charge in [-0.15, -0.1) is 0 Å². The van der Waals surface area contributed by atoms with Crippen molar-refractivity contribution >= 4 is 29.3 Å². The van der Waals surface area contributed by atoms with Crippen LogP contribution in [0.1, 0.15) is 69.8 Å². The normalized spacial score (nSPS) is 26.9. The third-order valence-corrected chi connectivity index (χ3v) is 8.26. The molecule has 3 amide bonds. The number of nitrogens with zero attached hydrogens (tertiary/aromatic N) is 2. The highest BCUT2D eigenvalue weighted by molar-refractivity contribution is 6.32. The lowest BCUT2D eigenvalue weighted by Gasteiger charge is -2.34. The molecule has 0 bridgehead atoms. The Bertz CT molecular complexity index is 892. The molecule has 5 nitrogen and oxygen atoms in total. The molecule has 1 aromatic carbocycles. The SMILES string of the molecule is CN(C(=O)CC1(c2ccccc2Cl)CC(=O)N(C2CCCC2)C1=O)C(C1CC1)C1CC1. The van der Waals surface area contributed by atoms with E-state index in [0.29, 0.717) is 22.4 Å². The third kappa shape index (κ3) is 3.69. The van der Waals surface area contributed by atoms with Crippen molar-refractivity contribution in [3.63, 3.8) is 0 Å². The van der Waals surface area contributed by atoms with Gasteiger partial charge in [0.2, 0.25) is 17.7 Å². The molecule has 1 atom stereocenters. The van der Waals surface area contributed by atoms with Gasteiger partial charge < -0.3 is 4.90 Å². The average molecular weight is 443 g/mol. The minimum atomic E-state index is -1.19. The number of likely N-dealkylation sites (tertiary alicyclic amines) is 1. The molecule has 0 radical (unpaired) electrons. The third-order valence-electron chi connectivity index (χ3n) is 7.93. The Kier molecular flexibility index (Phi) is 5.36. The first-order chi connectivity index (χ1) is 14.9. The standard InChI is InChI=1S/C25H31ClN2O3/c1-27(23(16-10-11-16)17-12-13-17)21(29)14-25(19-8-4-5-9-20(19)26)15-22(30)28(24(25)31)18-6-2-3-7-18/h4-5,8-9,16-18,23H,2-3,6-7,10-15H2,1H3. The van der Waals surface area contributed by atoms with Crippen LogP contribution in [-0.4, -0.2) is 46.7 Å². The quantitative estimate of drug-likeness (QED) is 0.591. The second kappa shape index (κ2) is 7.91. The smallest absolute Gasteiger partial charge is 0.241 e. The van der Waals surface area contributed by atoms with Crippen LogP contribution in [0.15, 0.2) is 24.3 Å². The number of rotatable bonds is 7.